The third kappa shape index (κ3) is 3.61. The molecule has 1 aromatic heterocycles. The van der Waals surface area contributed by atoms with Crippen LogP contribution in [0.5, 0.6) is 17.2 Å². The molecule has 1 N–H and O–H groups in total. The molecule has 2 heterocycles. The molecule has 0 bridgehead atoms. The molecule has 1 atom stereocenters. The Kier molecular flexibility index (Phi) is 5.83. The van der Waals surface area contributed by atoms with Crippen molar-refractivity contribution in [3.8, 4) is 17.2 Å². The molecule has 0 radical (unpaired) electrons. The van der Waals surface area contributed by atoms with Crippen molar-refractivity contribution in [3.63, 3.8) is 0 Å². The van der Waals surface area contributed by atoms with Gasteiger partial charge in [-0.1, -0.05) is 0 Å². The average Bonchev–Trinajstić information content (AvgIpc) is 3.08. The number of nitrogens with one attached hydrogen (secondary N) is 1. The molecule has 1 fully saturated rings. The van der Waals surface area contributed by atoms with Gasteiger partial charge in [-0.3, -0.25) is 4.90 Å². The van der Waals surface area contributed by atoms with E-state index in [0.717, 1.165) is 37.5 Å². The Labute approximate surface area is 153 Å². The molecule has 6 heteroatoms. The normalized spacial score (nSPS) is 16.5. The first-order valence-electron chi connectivity index (χ1n) is 8.48. The van der Waals surface area contributed by atoms with Gasteiger partial charge in [-0.2, -0.15) is 0 Å². The largest absolute Gasteiger partial charge is 0.493 e. The number of methoxy groups -OCH3 is 3. The zero-order valence-corrected chi connectivity index (χ0v) is 16.1. The molecule has 1 unspecified atom stereocenters. The molecule has 1 aliphatic heterocycles. The quantitative estimate of drug-likeness (QED) is 0.855. The molecule has 136 valence electrons. The van der Waals surface area contributed by atoms with Crippen LogP contribution in [0.25, 0.3) is 0 Å². The third-order valence-electron chi connectivity index (χ3n) is 4.57. The first kappa shape index (κ1) is 18.0. The number of aryl methyl sites for hydroxylation is 1. The van der Waals surface area contributed by atoms with E-state index >= 15 is 0 Å². The monoisotopic (exact) mass is 362 g/mol. The molecular weight excluding hydrogens is 336 g/mol. The van der Waals surface area contributed by atoms with Gasteiger partial charge in [0.25, 0.3) is 0 Å². The highest BCUT2D eigenvalue weighted by Gasteiger charge is 2.30. The first-order chi connectivity index (χ1) is 12.2. The molecule has 1 saturated heterocycles. The van der Waals surface area contributed by atoms with E-state index in [1.165, 1.54) is 10.4 Å². The van der Waals surface area contributed by atoms with E-state index in [-0.39, 0.29) is 6.04 Å². The molecule has 1 aromatic carbocycles. The molecule has 1 aliphatic rings. The first-order valence-corrected chi connectivity index (χ1v) is 9.36. The van der Waals surface area contributed by atoms with E-state index in [1.807, 2.05) is 6.07 Å². The van der Waals surface area contributed by atoms with E-state index in [9.17, 15) is 0 Å². The fourth-order valence-electron chi connectivity index (χ4n) is 3.41. The van der Waals surface area contributed by atoms with Crippen LogP contribution in [-0.2, 0) is 0 Å². The highest BCUT2D eigenvalue weighted by Crippen LogP contribution is 2.46. The summed E-state index contributed by atoms with van der Waals surface area (Å²) in [5, 5.41) is 5.64. The minimum Gasteiger partial charge on any atom is -0.493 e. The number of benzene rings is 1. The summed E-state index contributed by atoms with van der Waals surface area (Å²) >= 11 is 1.80. The number of hydrogen-bond acceptors (Lipinski definition) is 6. The van der Waals surface area contributed by atoms with E-state index in [4.69, 9.17) is 14.2 Å². The number of rotatable bonds is 6. The van der Waals surface area contributed by atoms with E-state index < -0.39 is 0 Å². The lowest BCUT2D eigenvalue weighted by Gasteiger charge is -2.35. The molecule has 0 amide bonds. The molecule has 0 saturated carbocycles. The van der Waals surface area contributed by atoms with E-state index in [1.54, 1.807) is 32.7 Å². The summed E-state index contributed by atoms with van der Waals surface area (Å²) in [7, 11) is 4.99. The van der Waals surface area contributed by atoms with Crippen molar-refractivity contribution < 1.29 is 14.2 Å². The lowest BCUT2D eigenvalue weighted by molar-refractivity contribution is 0.196. The smallest absolute Gasteiger partial charge is 0.203 e. The van der Waals surface area contributed by atoms with Gasteiger partial charge in [0.15, 0.2) is 11.5 Å². The molecule has 0 aliphatic carbocycles. The van der Waals surface area contributed by atoms with Crippen LogP contribution in [0.2, 0.25) is 0 Å². The number of thiophene rings is 1. The van der Waals surface area contributed by atoms with Gasteiger partial charge in [0.05, 0.1) is 27.4 Å². The second kappa shape index (κ2) is 8.08. The van der Waals surface area contributed by atoms with E-state index in [0.29, 0.717) is 11.5 Å². The average molecular weight is 362 g/mol. The molecule has 0 spiro atoms. The Bertz CT molecular complexity index is 711. The summed E-state index contributed by atoms with van der Waals surface area (Å²) in [4.78, 5) is 3.83. The maximum Gasteiger partial charge on any atom is 0.203 e. The molecule has 2 aromatic rings. The van der Waals surface area contributed by atoms with Crippen molar-refractivity contribution >= 4 is 11.3 Å². The predicted molar refractivity (Wildman–Crippen MR) is 101 cm³/mol. The molecule has 3 rings (SSSR count). The zero-order chi connectivity index (χ0) is 17.8. The van der Waals surface area contributed by atoms with Gasteiger partial charge >= 0.3 is 0 Å². The lowest BCUT2D eigenvalue weighted by atomic mass is 10.00. The fourth-order valence-corrected chi connectivity index (χ4v) is 4.46. The summed E-state index contributed by atoms with van der Waals surface area (Å²) < 4.78 is 16.8. The van der Waals surface area contributed by atoms with Gasteiger partial charge in [-0.25, -0.2) is 0 Å². The highest BCUT2D eigenvalue weighted by atomic mass is 32.1. The summed E-state index contributed by atoms with van der Waals surface area (Å²) in [6.45, 7) is 6.13. The van der Waals surface area contributed by atoms with Gasteiger partial charge in [-0.15, -0.1) is 11.3 Å². The van der Waals surface area contributed by atoms with Crippen LogP contribution in [0.4, 0.5) is 0 Å². The topological polar surface area (TPSA) is 43.0 Å². The third-order valence-corrected chi connectivity index (χ3v) is 5.67. The van der Waals surface area contributed by atoms with Crippen LogP contribution in [-0.4, -0.2) is 52.4 Å². The van der Waals surface area contributed by atoms with Crippen molar-refractivity contribution in [1.29, 1.82) is 0 Å². The maximum absolute atomic E-state index is 5.77. The van der Waals surface area contributed by atoms with Gasteiger partial charge in [0, 0.05) is 36.6 Å². The van der Waals surface area contributed by atoms with Crippen LogP contribution < -0.4 is 19.5 Å². The predicted octanol–water partition coefficient (Wildman–Crippen LogP) is 3.08. The number of piperazine rings is 1. The number of ether oxygens (including phenoxy) is 3. The Morgan fingerprint density at radius 1 is 1.04 bits per heavy atom. The highest BCUT2D eigenvalue weighted by molar-refractivity contribution is 7.10. The summed E-state index contributed by atoms with van der Waals surface area (Å²) in [5.41, 5.74) is 2.41. The molecule has 5 nitrogen and oxygen atoms in total. The second-order valence-electron chi connectivity index (χ2n) is 6.14. The van der Waals surface area contributed by atoms with E-state index in [2.05, 4.69) is 34.7 Å². The van der Waals surface area contributed by atoms with Crippen molar-refractivity contribution in [2.75, 3.05) is 47.5 Å². The van der Waals surface area contributed by atoms with Gasteiger partial charge in [-0.05, 0) is 36.1 Å². The van der Waals surface area contributed by atoms with Crippen LogP contribution >= 0.6 is 11.3 Å². The van der Waals surface area contributed by atoms with Gasteiger partial charge in [0.2, 0.25) is 5.75 Å². The Morgan fingerprint density at radius 3 is 2.32 bits per heavy atom. The SMILES string of the molecule is COc1ccc(C(c2cc(C)cs2)N2CCNCC2)c(OC)c1OC. The summed E-state index contributed by atoms with van der Waals surface area (Å²) in [6.07, 6.45) is 0. The van der Waals surface area contributed by atoms with Crippen LogP contribution in [0.3, 0.4) is 0 Å². The minimum absolute atomic E-state index is 0.149. The minimum atomic E-state index is 0.149. The van der Waals surface area contributed by atoms with Crippen molar-refractivity contribution in [3.05, 3.63) is 39.6 Å². The van der Waals surface area contributed by atoms with Crippen molar-refractivity contribution in [2.45, 2.75) is 13.0 Å². The number of hydrogen-bond donors (Lipinski definition) is 1. The van der Waals surface area contributed by atoms with Gasteiger partial charge < -0.3 is 19.5 Å². The lowest BCUT2D eigenvalue weighted by Crippen LogP contribution is -2.45. The Hall–Kier alpha value is -1.76. The second-order valence-corrected chi connectivity index (χ2v) is 7.08. The summed E-state index contributed by atoms with van der Waals surface area (Å²) in [6, 6.07) is 6.48. The van der Waals surface area contributed by atoms with Crippen molar-refractivity contribution in [1.82, 2.24) is 10.2 Å². The maximum atomic E-state index is 5.77. The zero-order valence-electron chi connectivity index (χ0n) is 15.3. The van der Waals surface area contributed by atoms with Gasteiger partial charge in [0.1, 0.15) is 0 Å². The fraction of sp³-hybridized carbons (Fsp3) is 0.474. The standard InChI is InChI=1S/C19H26N2O3S/c1-13-11-16(25-12-13)17(21-9-7-20-8-10-21)14-5-6-15(22-2)19(24-4)18(14)23-3/h5-6,11-12,17,20H,7-10H2,1-4H3. The summed E-state index contributed by atoms with van der Waals surface area (Å²) in [5.74, 6) is 2.08. The molecular formula is C19H26N2O3S. The Morgan fingerprint density at radius 2 is 1.76 bits per heavy atom. The van der Waals surface area contributed by atoms with Crippen LogP contribution in [0, 0.1) is 6.92 Å². The Balaban J connectivity index is 2.12. The van der Waals surface area contributed by atoms with Crippen LogP contribution in [0.15, 0.2) is 23.6 Å². The van der Waals surface area contributed by atoms with Crippen LogP contribution in [0.1, 0.15) is 22.0 Å². The molecule has 25 heavy (non-hydrogen) atoms. The van der Waals surface area contributed by atoms with Crippen molar-refractivity contribution in [2.24, 2.45) is 0 Å². The number of nitrogens with zero attached hydrogens (tertiary/aromatic N) is 1.